The molecule has 7 heteroatoms. The summed E-state index contributed by atoms with van der Waals surface area (Å²) in [5.74, 6) is -0.173. The summed E-state index contributed by atoms with van der Waals surface area (Å²) in [5.41, 5.74) is 3.52. The molecule has 1 saturated heterocycles. The molecule has 4 rings (SSSR count). The van der Waals surface area contributed by atoms with Gasteiger partial charge < -0.3 is 15.1 Å². The molecule has 2 aliphatic rings. The number of aryl methyl sites for hydroxylation is 2. The van der Waals surface area contributed by atoms with E-state index in [0.717, 1.165) is 43.0 Å². The number of carbonyl (C=O) groups excluding carboxylic acids is 2. The number of anilines is 1. The van der Waals surface area contributed by atoms with Crippen LogP contribution in [0.2, 0.25) is 0 Å². The van der Waals surface area contributed by atoms with Crippen LogP contribution in [0.1, 0.15) is 34.6 Å². The lowest BCUT2D eigenvalue weighted by atomic mass is 10.2. The average molecular weight is 367 g/mol. The molecule has 2 aliphatic heterocycles. The van der Waals surface area contributed by atoms with Gasteiger partial charge in [0.1, 0.15) is 0 Å². The van der Waals surface area contributed by atoms with Crippen LogP contribution in [0.4, 0.5) is 5.69 Å². The number of nitrogens with zero attached hydrogens (tertiary/aromatic N) is 4. The third-order valence-corrected chi connectivity index (χ3v) is 5.24. The number of aromatic nitrogens is 2. The first-order chi connectivity index (χ1) is 13.0. The van der Waals surface area contributed by atoms with Crippen LogP contribution in [0.25, 0.3) is 0 Å². The third kappa shape index (κ3) is 3.73. The molecule has 1 unspecified atom stereocenters. The molecule has 0 aliphatic carbocycles. The molecule has 2 aromatic rings. The summed E-state index contributed by atoms with van der Waals surface area (Å²) in [4.78, 5) is 29.0. The largest absolute Gasteiger partial charge is 0.346 e. The SMILES string of the molecule is Cc1ccc(N2CC(NC(=O)c3cc4n(n3)CCCN(C)C4)CC2=O)cc1. The lowest BCUT2D eigenvalue weighted by molar-refractivity contribution is -0.117. The Morgan fingerprint density at radius 1 is 1.22 bits per heavy atom. The molecule has 2 amide bonds. The molecular weight excluding hydrogens is 342 g/mol. The first-order valence-corrected chi connectivity index (χ1v) is 9.43. The second kappa shape index (κ2) is 7.15. The lowest BCUT2D eigenvalue weighted by Crippen LogP contribution is -2.37. The molecule has 142 valence electrons. The van der Waals surface area contributed by atoms with E-state index >= 15 is 0 Å². The number of carbonyl (C=O) groups is 2. The van der Waals surface area contributed by atoms with Crippen LogP contribution >= 0.6 is 0 Å². The van der Waals surface area contributed by atoms with Crippen molar-refractivity contribution >= 4 is 17.5 Å². The maximum atomic E-state index is 12.7. The zero-order valence-electron chi connectivity index (χ0n) is 15.8. The molecule has 27 heavy (non-hydrogen) atoms. The summed E-state index contributed by atoms with van der Waals surface area (Å²) in [6, 6.07) is 9.54. The van der Waals surface area contributed by atoms with Gasteiger partial charge >= 0.3 is 0 Å². The normalized spacial score (nSPS) is 20.4. The summed E-state index contributed by atoms with van der Waals surface area (Å²) in [6.45, 7) is 5.16. The van der Waals surface area contributed by atoms with E-state index in [0.29, 0.717) is 18.7 Å². The summed E-state index contributed by atoms with van der Waals surface area (Å²) >= 11 is 0. The van der Waals surface area contributed by atoms with E-state index in [-0.39, 0.29) is 17.9 Å². The van der Waals surface area contributed by atoms with Crippen molar-refractivity contribution in [2.45, 2.75) is 38.9 Å². The van der Waals surface area contributed by atoms with Gasteiger partial charge in [0.25, 0.3) is 5.91 Å². The molecule has 1 fully saturated rings. The highest BCUT2D eigenvalue weighted by molar-refractivity contribution is 5.98. The quantitative estimate of drug-likeness (QED) is 0.894. The van der Waals surface area contributed by atoms with Crippen molar-refractivity contribution in [2.75, 3.05) is 25.0 Å². The molecule has 3 heterocycles. The Morgan fingerprint density at radius 2 is 2.00 bits per heavy atom. The van der Waals surface area contributed by atoms with Gasteiger partial charge in [0.2, 0.25) is 5.91 Å². The zero-order valence-corrected chi connectivity index (χ0v) is 15.8. The van der Waals surface area contributed by atoms with E-state index in [1.165, 1.54) is 0 Å². The summed E-state index contributed by atoms with van der Waals surface area (Å²) in [7, 11) is 2.08. The number of hydrogen-bond acceptors (Lipinski definition) is 4. The van der Waals surface area contributed by atoms with Crippen LogP contribution in [-0.4, -0.2) is 52.7 Å². The Morgan fingerprint density at radius 3 is 2.78 bits per heavy atom. The Hall–Kier alpha value is -2.67. The number of nitrogens with one attached hydrogen (secondary N) is 1. The number of fused-ring (bicyclic) bond motifs is 1. The number of hydrogen-bond donors (Lipinski definition) is 1. The van der Waals surface area contributed by atoms with E-state index in [4.69, 9.17) is 0 Å². The van der Waals surface area contributed by atoms with Gasteiger partial charge in [-0.05, 0) is 38.6 Å². The molecule has 0 spiro atoms. The minimum Gasteiger partial charge on any atom is -0.346 e. The molecule has 0 saturated carbocycles. The van der Waals surface area contributed by atoms with Crippen molar-refractivity contribution in [3.8, 4) is 0 Å². The van der Waals surface area contributed by atoms with Gasteiger partial charge in [-0.25, -0.2) is 0 Å². The van der Waals surface area contributed by atoms with Crippen molar-refractivity contribution in [3.63, 3.8) is 0 Å². The minimum atomic E-state index is -0.207. The predicted octanol–water partition coefficient (Wildman–Crippen LogP) is 1.56. The van der Waals surface area contributed by atoms with Gasteiger partial charge in [-0.15, -0.1) is 0 Å². The summed E-state index contributed by atoms with van der Waals surface area (Å²) in [6.07, 6.45) is 1.34. The molecule has 0 bridgehead atoms. The van der Waals surface area contributed by atoms with Gasteiger partial charge in [0, 0.05) is 38.3 Å². The molecule has 7 nitrogen and oxygen atoms in total. The van der Waals surface area contributed by atoms with Crippen LogP contribution in [0, 0.1) is 6.92 Å². The van der Waals surface area contributed by atoms with Gasteiger partial charge in [0.05, 0.1) is 11.7 Å². The monoisotopic (exact) mass is 367 g/mol. The van der Waals surface area contributed by atoms with Crippen LogP contribution < -0.4 is 10.2 Å². The Labute approximate surface area is 158 Å². The van der Waals surface area contributed by atoms with Crippen molar-refractivity contribution in [1.29, 1.82) is 0 Å². The number of rotatable bonds is 3. The maximum absolute atomic E-state index is 12.7. The van der Waals surface area contributed by atoms with Crippen LogP contribution in [0.3, 0.4) is 0 Å². The van der Waals surface area contributed by atoms with Crippen molar-refractivity contribution in [3.05, 3.63) is 47.3 Å². The second-order valence-electron chi connectivity index (χ2n) is 7.55. The van der Waals surface area contributed by atoms with E-state index in [1.54, 1.807) is 4.90 Å². The second-order valence-corrected chi connectivity index (χ2v) is 7.55. The molecule has 1 atom stereocenters. The van der Waals surface area contributed by atoms with E-state index < -0.39 is 0 Å². The van der Waals surface area contributed by atoms with Crippen molar-refractivity contribution < 1.29 is 9.59 Å². The van der Waals surface area contributed by atoms with Crippen molar-refractivity contribution in [2.24, 2.45) is 0 Å². The van der Waals surface area contributed by atoms with E-state index in [9.17, 15) is 9.59 Å². The van der Waals surface area contributed by atoms with E-state index in [1.807, 2.05) is 41.9 Å². The predicted molar refractivity (Wildman–Crippen MR) is 103 cm³/mol. The third-order valence-electron chi connectivity index (χ3n) is 5.24. The van der Waals surface area contributed by atoms with Gasteiger partial charge in [-0.3, -0.25) is 14.3 Å². The maximum Gasteiger partial charge on any atom is 0.272 e. The van der Waals surface area contributed by atoms with Gasteiger partial charge in [0.15, 0.2) is 5.69 Å². The fourth-order valence-corrected chi connectivity index (χ4v) is 3.77. The van der Waals surface area contributed by atoms with Crippen molar-refractivity contribution in [1.82, 2.24) is 20.0 Å². The fraction of sp³-hybridized carbons (Fsp3) is 0.450. The Bertz CT molecular complexity index is 858. The number of benzene rings is 1. The first kappa shape index (κ1) is 17.7. The standard InChI is InChI=1S/C20H25N5O2/c1-14-4-6-16(7-5-14)24-12-15(10-19(24)26)21-20(27)18-11-17-13-23(2)8-3-9-25(17)22-18/h4-7,11,15H,3,8-10,12-13H2,1-2H3,(H,21,27). The lowest BCUT2D eigenvalue weighted by Gasteiger charge is -2.17. The fourth-order valence-electron chi connectivity index (χ4n) is 3.77. The zero-order chi connectivity index (χ0) is 19.0. The minimum absolute atomic E-state index is 0.0337. The highest BCUT2D eigenvalue weighted by Crippen LogP contribution is 2.22. The average Bonchev–Trinajstić information content (AvgIpc) is 3.14. The van der Waals surface area contributed by atoms with Crippen LogP contribution in [0.5, 0.6) is 0 Å². The molecule has 1 aromatic heterocycles. The van der Waals surface area contributed by atoms with E-state index in [2.05, 4.69) is 22.4 Å². The van der Waals surface area contributed by atoms with Crippen LogP contribution in [0.15, 0.2) is 30.3 Å². The number of amides is 2. The van der Waals surface area contributed by atoms with Gasteiger partial charge in [-0.1, -0.05) is 17.7 Å². The summed E-state index contributed by atoms with van der Waals surface area (Å²) in [5, 5.41) is 7.45. The Kier molecular flexibility index (Phi) is 4.70. The Balaban J connectivity index is 1.42. The highest BCUT2D eigenvalue weighted by Gasteiger charge is 2.32. The molecule has 1 N–H and O–H groups in total. The highest BCUT2D eigenvalue weighted by atomic mass is 16.2. The van der Waals surface area contributed by atoms with Gasteiger partial charge in [-0.2, -0.15) is 5.10 Å². The summed E-state index contributed by atoms with van der Waals surface area (Å²) < 4.78 is 1.93. The first-order valence-electron chi connectivity index (χ1n) is 9.43. The smallest absolute Gasteiger partial charge is 0.272 e. The molecule has 1 aromatic carbocycles. The topological polar surface area (TPSA) is 70.5 Å². The molecular formula is C20H25N5O2. The van der Waals surface area contributed by atoms with Crippen LogP contribution in [-0.2, 0) is 17.9 Å². The molecule has 0 radical (unpaired) electrons.